The summed E-state index contributed by atoms with van der Waals surface area (Å²) in [5, 5.41) is 3.88. The minimum Gasteiger partial charge on any atom is -0.482 e. The van der Waals surface area contributed by atoms with Gasteiger partial charge in [-0.05, 0) is 49.7 Å². The van der Waals surface area contributed by atoms with Crippen LogP contribution in [-0.4, -0.2) is 40.2 Å². The Labute approximate surface area is 172 Å². The Kier molecular flexibility index (Phi) is 5.69. The summed E-state index contributed by atoms with van der Waals surface area (Å²) < 4.78 is 15.9. The van der Waals surface area contributed by atoms with Crippen LogP contribution in [0.1, 0.15) is 31.8 Å². The van der Waals surface area contributed by atoms with E-state index in [2.05, 4.69) is 15.1 Å². The molecular formula is C21H20N4O5. The first-order valence-corrected chi connectivity index (χ1v) is 9.57. The minimum atomic E-state index is -0.720. The number of rotatable bonds is 7. The van der Waals surface area contributed by atoms with E-state index in [1.807, 2.05) is 0 Å². The number of carbonyl (C=O) groups excluding carboxylic acids is 2. The van der Waals surface area contributed by atoms with Crippen LogP contribution >= 0.6 is 0 Å². The number of carbonyl (C=O) groups is 2. The van der Waals surface area contributed by atoms with E-state index in [1.165, 1.54) is 0 Å². The fraction of sp³-hybridized carbons (Fsp3) is 0.286. The number of benzene rings is 1. The van der Waals surface area contributed by atoms with Crippen molar-refractivity contribution in [2.24, 2.45) is 0 Å². The molecule has 0 N–H and O–H groups in total. The summed E-state index contributed by atoms with van der Waals surface area (Å²) in [5.41, 5.74) is 1.52. The molecule has 0 saturated carbocycles. The Morgan fingerprint density at radius 3 is 2.80 bits per heavy atom. The molecule has 4 rings (SSSR count). The second-order valence-electron chi connectivity index (χ2n) is 6.76. The Balaban J connectivity index is 1.28. The molecule has 1 aromatic carbocycles. The van der Waals surface area contributed by atoms with Gasteiger partial charge in [-0.1, -0.05) is 5.16 Å². The molecule has 9 heteroatoms. The lowest BCUT2D eigenvalue weighted by atomic mass is 10.3. The number of esters is 1. The lowest BCUT2D eigenvalue weighted by Crippen LogP contribution is -2.23. The highest BCUT2D eigenvalue weighted by Crippen LogP contribution is 2.24. The highest BCUT2D eigenvalue weighted by atomic mass is 16.6. The highest BCUT2D eigenvalue weighted by molar-refractivity contribution is 5.95. The predicted octanol–water partition coefficient (Wildman–Crippen LogP) is 2.94. The molecule has 2 aromatic heterocycles. The molecule has 3 aromatic rings. The Morgan fingerprint density at radius 2 is 2.10 bits per heavy atom. The van der Waals surface area contributed by atoms with E-state index in [-0.39, 0.29) is 18.4 Å². The van der Waals surface area contributed by atoms with Gasteiger partial charge in [-0.2, -0.15) is 4.98 Å². The fourth-order valence-electron chi connectivity index (χ4n) is 3.08. The summed E-state index contributed by atoms with van der Waals surface area (Å²) in [6.07, 6.45) is 3.98. The first kappa shape index (κ1) is 19.6. The van der Waals surface area contributed by atoms with E-state index in [1.54, 1.807) is 60.6 Å². The summed E-state index contributed by atoms with van der Waals surface area (Å²) in [6.45, 7) is 2.09. The molecule has 0 radical (unpaired) electrons. The molecule has 3 heterocycles. The van der Waals surface area contributed by atoms with Crippen LogP contribution in [0.5, 0.6) is 5.75 Å². The van der Waals surface area contributed by atoms with Crippen LogP contribution in [0.4, 0.5) is 5.69 Å². The van der Waals surface area contributed by atoms with Gasteiger partial charge >= 0.3 is 5.97 Å². The number of nitrogens with zero attached hydrogens (tertiary/aromatic N) is 4. The third-order valence-corrected chi connectivity index (χ3v) is 4.60. The molecule has 1 unspecified atom stereocenters. The van der Waals surface area contributed by atoms with Gasteiger partial charge in [0.1, 0.15) is 5.75 Å². The average molecular weight is 408 g/mol. The SMILES string of the molecule is CC(OC(=O)COc1ccc(N2CCCC2=O)cc1)c1nc(-c2cccnc2)no1. The van der Waals surface area contributed by atoms with Gasteiger partial charge in [0.05, 0.1) is 0 Å². The summed E-state index contributed by atoms with van der Waals surface area (Å²) in [7, 11) is 0. The van der Waals surface area contributed by atoms with Crippen molar-refractivity contribution in [3.05, 3.63) is 54.7 Å². The number of anilines is 1. The minimum absolute atomic E-state index is 0.119. The second kappa shape index (κ2) is 8.73. The number of hydrogen-bond acceptors (Lipinski definition) is 8. The molecule has 154 valence electrons. The van der Waals surface area contributed by atoms with Crippen LogP contribution in [0.25, 0.3) is 11.4 Å². The molecule has 0 aliphatic carbocycles. The topological polar surface area (TPSA) is 108 Å². The highest BCUT2D eigenvalue weighted by Gasteiger charge is 2.22. The maximum absolute atomic E-state index is 12.1. The number of ether oxygens (including phenoxy) is 2. The van der Waals surface area contributed by atoms with Crippen molar-refractivity contribution in [2.45, 2.75) is 25.9 Å². The maximum atomic E-state index is 12.1. The molecule has 30 heavy (non-hydrogen) atoms. The number of amides is 1. The smallest absolute Gasteiger partial charge is 0.344 e. The van der Waals surface area contributed by atoms with E-state index in [0.717, 1.165) is 18.7 Å². The van der Waals surface area contributed by atoms with Crippen LogP contribution < -0.4 is 9.64 Å². The molecule has 9 nitrogen and oxygen atoms in total. The Morgan fingerprint density at radius 1 is 1.27 bits per heavy atom. The van der Waals surface area contributed by atoms with Crippen molar-refractivity contribution in [3.63, 3.8) is 0 Å². The summed E-state index contributed by atoms with van der Waals surface area (Å²) in [5.74, 6) is 0.610. The lowest BCUT2D eigenvalue weighted by Gasteiger charge is -2.16. The lowest BCUT2D eigenvalue weighted by molar-refractivity contribution is -0.152. The number of aromatic nitrogens is 3. The van der Waals surface area contributed by atoms with Crippen molar-refractivity contribution >= 4 is 17.6 Å². The van der Waals surface area contributed by atoms with Crippen molar-refractivity contribution in [3.8, 4) is 17.1 Å². The quantitative estimate of drug-likeness (QED) is 0.549. The van der Waals surface area contributed by atoms with E-state index in [0.29, 0.717) is 23.6 Å². The largest absolute Gasteiger partial charge is 0.482 e. The van der Waals surface area contributed by atoms with Crippen LogP contribution in [0.15, 0.2) is 53.3 Å². The Hall–Kier alpha value is -3.75. The van der Waals surface area contributed by atoms with Crippen molar-refractivity contribution in [1.29, 1.82) is 0 Å². The molecular weight excluding hydrogens is 388 g/mol. The standard InChI is InChI=1S/C21H20N4O5/c1-14(21-23-20(24-30-21)15-4-2-10-22-12-15)29-19(27)13-28-17-8-6-16(7-9-17)25-11-3-5-18(25)26/h2,4,6-10,12,14H,3,5,11,13H2,1H3. The van der Waals surface area contributed by atoms with Gasteiger partial charge in [0.15, 0.2) is 12.7 Å². The van der Waals surface area contributed by atoms with Gasteiger partial charge in [-0.25, -0.2) is 4.79 Å². The monoisotopic (exact) mass is 408 g/mol. The molecule has 1 fully saturated rings. The maximum Gasteiger partial charge on any atom is 0.344 e. The van der Waals surface area contributed by atoms with Gasteiger partial charge in [0, 0.05) is 36.6 Å². The van der Waals surface area contributed by atoms with Crippen LogP contribution in [-0.2, 0) is 14.3 Å². The molecule has 1 amide bonds. The first-order chi connectivity index (χ1) is 14.6. The van der Waals surface area contributed by atoms with E-state index < -0.39 is 12.1 Å². The zero-order valence-corrected chi connectivity index (χ0v) is 16.4. The molecule has 0 spiro atoms. The third kappa shape index (κ3) is 4.45. The summed E-state index contributed by atoms with van der Waals surface area (Å²) in [4.78, 5) is 33.9. The number of hydrogen-bond donors (Lipinski definition) is 0. The van der Waals surface area contributed by atoms with Gasteiger partial charge < -0.3 is 18.9 Å². The zero-order chi connectivity index (χ0) is 20.9. The van der Waals surface area contributed by atoms with Gasteiger partial charge in [0.2, 0.25) is 11.7 Å². The molecule has 0 bridgehead atoms. The van der Waals surface area contributed by atoms with Crippen LogP contribution in [0.2, 0.25) is 0 Å². The number of pyridine rings is 1. The van der Waals surface area contributed by atoms with Crippen molar-refractivity contribution in [2.75, 3.05) is 18.1 Å². The molecule has 1 saturated heterocycles. The van der Waals surface area contributed by atoms with Crippen molar-refractivity contribution in [1.82, 2.24) is 15.1 Å². The average Bonchev–Trinajstić information content (AvgIpc) is 3.43. The van der Waals surface area contributed by atoms with E-state index in [9.17, 15) is 9.59 Å². The molecule has 1 aliphatic heterocycles. The fourth-order valence-corrected chi connectivity index (χ4v) is 3.08. The van der Waals surface area contributed by atoms with Crippen LogP contribution in [0.3, 0.4) is 0 Å². The first-order valence-electron chi connectivity index (χ1n) is 9.57. The van der Waals surface area contributed by atoms with Crippen LogP contribution in [0, 0.1) is 0 Å². The molecule has 1 aliphatic rings. The normalized spacial score (nSPS) is 14.6. The van der Waals surface area contributed by atoms with Gasteiger partial charge in [-0.3, -0.25) is 9.78 Å². The van der Waals surface area contributed by atoms with E-state index >= 15 is 0 Å². The van der Waals surface area contributed by atoms with Gasteiger partial charge in [0.25, 0.3) is 5.89 Å². The van der Waals surface area contributed by atoms with Crippen molar-refractivity contribution < 1.29 is 23.6 Å². The van der Waals surface area contributed by atoms with E-state index in [4.69, 9.17) is 14.0 Å². The second-order valence-corrected chi connectivity index (χ2v) is 6.76. The summed E-state index contributed by atoms with van der Waals surface area (Å²) in [6, 6.07) is 10.6. The third-order valence-electron chi connectivity index (χ3n) is 4.60. The summed E-state index contributed by atoms with van der Waals surface area (Å²) >= 11 is 0. The Bertz CT molecular complexity index is 1020. The zero-order valence-electron chi connectivity index (χ0n) is 16.4. The molecule has 1 atom stereocenters. The van der Waals surface area contributed by atoms with Gasteiger partial charge in [-0.15, -0.1) is 0 Å². The predicted molar refractivity (Wildman–Crippen MR) is 106 cm³/mol.